The molecule has 0 unspecified atom stereocenters. The van der Waals surface area contributed by atoms with Gasteiger partial charge in [0.25, 0.3) is 0 Å². The molecule has 1 saturated carbocycles. The SMILES string of the molecule is CCNC(=NCc1c(C)nn(-c2ccccc2)c1C)NCC1(CCOC)CCC1.I. The molecule has 30 heavy (non-hydrogen) atoms. The number of aliphatic imine (C=N–C) groups is 1. The number of guanidine groups is 1. The van der Waals surface area contributed by atoms with Crippen molar-refractivity contribution in [3.8, 4) is 5.69 Å². The molecular weight excluding hydrogens is 489 g/mol. The van der Waals surface area contributed by atoms with Crippen molar-refractivity contribution >= 4 is 29.9 Å². The number of rotatable bonds is 9. The molecule has 0 saturated heterocycles. The van der Waals surface area contributed by atoms with Gasteiger partial charge in [-0.25, -0.2) is 9.67 Å². The van der Waals surface area contributed by atoms with Crippen molar-refractivity contribution in [2.24, 2.45) is 10.4 Å². The minimum atomic E-state index is 0. The Morgan fingerprint density at radius 2 is 1.93 bits per heavy atom. The fourth-order valence-electron chi connectivity index (χ4n) is 4.01. The average Bonchev–Trinajstić information content (AvgIpc) is 2.99. The number of aromatic nitrogens is 2. The molecule has 0 aliphatic heterocycles. The first kappa shape index (κ1) is 24.7. The summed E-state index contributed by atoms with van der Waals surface area (Å²) in [6.07, 6.45) is 4.96. The molecule has 1 heterocycles. The smallest absolute Gasteiger partial charge is 0.191 e. The summed E-state index contributed by atoms with van der Waals surface area (Å²) in [6.45, 7) is 9.52. The van der Waals surface area contributed by atoms with E-state index in [1.54, 1.807) is 7.11 Å². The molecular formula is C23H36IN5O. The molecule has 3 rings (SSSR count). The first-order valence-electron chi connectivity index (χ1n) is 10.7. The molecule has 2 aromatic rings. The van der Waals surface area contributed by atoms with Gasteiger partial charge in [0.05, 0.1) is 17.9 Å². The lowest BCUT2D eigenvalue weighted by Crippen LogP contribution is -2.47. The molecule has 0 radical (unpaired) electrons. The number of methoxy groups -OCH3 is 1. The monoisotopic (exact) mass is 525 g/mol. The van der Waals surface area contributed by atoms with Gasteiger partial charge in [0.1, 0.15) is 0 Å². The molecule has 1 aromatic heterocycles. The number of benzene rings is 1. The van der Waals surface area contributed by atoms with Gasteiger partial charge in [0, 0.05) is 38.1 Å². The van der Waals surface area contributed by atoms with Crippen molar-refractivity contribution in [1.29, 1.82) is 0 Å². The Labute approximate surface area is 197 Å². The van der Waals surface area contributed by atoms with Gasteiger partial charge >= 0.3 is 0 Å². The van der Waals surface area contributed by atoms with Crippen LogP contribution in [0.1, 0.15) is 49.6 Å². The summed E-state index contributed by atoms with van der Waals surface area (Å²) in [7, 11) is 1.78. The summed E-state index contributed by atoms with van der Waals surface area (Å²) in [5.41, 5.74) is 4.79. The van der Waals surface area contributed by atoms with Gasteiger partial charge < -0.3 is 15.4 Å². The van der Waals surface area contributed by atoms with E-state index in [2.05, 4.69) is 43.5 Å². The molecule has 2 N–H and O–H groups in total. The minimum Gasteiger partial charge on any atom is -0.385 e. The third-order valence-electron chi connectivity index (χ3n) is 6.06. The molecule has 166 valence electrons. The van der Waals surface area contributed by atoms with Gasteiger partial charge in [-0.3, -0.25) is 0 Å². The van der Waals surface area contributed by atoms with Gasteiger partial charge in [0.15, 0.2) is 5.96 Å². The van der Waals surface area contributed by atoms with Gasteiger partial charge in [0.2, 0.25) is 0 Å². The molecule has 0 amide bonds. The first-order valence-corrected chi connectivity index (χ1v) is 10.7. The number of halogens is 1. The van der Waals surface area contributed by atoms with Crippen molar-refractivity contribution in [3.63, 3.8) is 0 Å². The zero-order valence-electron chi connectivity index (χ0n) is 18.7. The summed E-state index contributed by atoms with van der Waals surface area (Å²) >= 11 is 0. The number of hydrogen-bond acceptors (Lipinski definition) is 3. The second-order valence-electron chi connectivity index (χ2n) is 8.04. The lowest BCUT2D eigenvalue weighted by Gasteiger charge is -2.42. The Hall–Kier alpha value is -1.61. The van der Waals surface area contributed by atoms with E-state index in [1.807, 2.05) is 22.9 Å². The van der Waals surface area contributed by atoms with Crippen LogP contribution >= 0.6 is 24.0 Å². The van der Waals surface area contributed by atoms with Crippen LogP contribution in [-0.2, 0) is 11.3 Å². The average molecular weight is 525 g/mol. The summed E-state index contributed by atoms with van der Waals surface area (Å²) < 4.78 is 7.32. The zero-order chi connectivity index (χ0) is 20.7. The van der Waals surface area contributed by atoms with Gasteiger partial charge in [-0.1, -0.05) is 24.6 Å². The molecule has 0 spiro atoms. The van der Waals surface area contributed by atoms with E-state index in [4.69, 9.17) is 14.8 Å². The molecule has 1 aromatic carbocycles. The van der Waals surface area contributed by atoms with Gasteiger partial charge in [-0.15, -0.1) is 24.0 Å². The zero-order valence-corrected chi connectivity index (χ0v) is 21.0. The molecule has 0 atom stereocenters. The van der Waals surface area contributed by atoms with Gasteiger partial charge in [-0.05, 0) is 57.6 Å². The number of aryl methyl sites for hydroxylation is 1. The third kappa shape index (κ3) is 5.97. The summed E-state index contributed by atoms with van der Waals surface area (Å²) in [6, 6.07) is 10.3. The standard InChI is InChI=1S/C23H35N5O.HI/c1-5-24-22(26-17-23(12-9-13-23)14-15-29-4)25-16-21-18(2)27-28(19(21)3)20-10-7-6-8-11-20;/h6-8,10-11H,5,9,12-17H2,1-4H3,(H2,24,25,26);1H. The molecule has 1 aliphatic rings. The number of hydrogen-bond donors (Lipinski definition) is 2. The van der Waals surface area contributed by atoms with E-state index in [-0.39, 0.29) is 24.0 Å². The fraction of sp³-hybridized carbons (Fsp3) is 0.565. The van der Waals surface area contributed by atoms with Crippen LogP contribution < -0.4 is 10.6 Å². The number of nitrogens with one attached hydrogen (secondary N) is 2. The van der Waals surface area contributed by atoms with Crippen LogP contribution in [0.5, 0.6) is 0 Å². The van der Waals surface area contributed by atoms with Crippen LogP contribution in [0.25, 0.3) is 5.69 Å². The number of nitrogens with zero attached hydrogens (tertiary/aromatic N) is 3. The Balaban J connectivity index is 0.00000320. The summed E-state index contributed by atoms with van der Waals surface area (Å²) in [4.78, 5) is 4.86. The highest BCUT2D eigenvalue weighted by Gasteiger charge is 2.36. The summed E-state index contributed by atoms with van der Waals surface area (Å²) in [5, 5.41) is 11.7. The largest absolute Gasteiger partial charge is 0.385 e. The van der Waals surface area contributed by atoms with E-state index < -0.39 is 0 Å². The molecule has 1 fully saturated rings. The van der Waals surface area contributed by atoms with E-state index in [0.717, 1.165) is 49.2 Å². The Bertz CT molecular complexity index is 815. The lowest BCUT2D eigenvalue weighted by atomic mass is 9.67. The topological polar surface area (TPSA) is 63.5 Å². The second-order valence-corrected chi connectivity index (χ2v) is 8.04. The molecule has 6 nitrogen and oxygen atoms in total. The first-order chi connectivity index (χ1) is 14.1. The highest BCUT2D eigenvalue weighted by atomic mass is 127. The van der Waals surface area contributed by atoms with E-state index in [0.29, 0.717) is 12.0 Å². The quantitative estimate of drug-likeness (QED) is 0.290. The number of para-hydroxylation sites is 1. The fourth-order valence-corrected chi connectivity index (χ4v) is 4.01. The Kier molecular flexibility index (Phi) is 9.61. The van der Waals surface area contributed by atoms with Crippen molar-refractivity contribution in [3.05, 3.63) is 47.3 Å². The predicted molar refractivity (Wildman–Crippen MR) is 134 cm³/mol. The maximum atomic E-state index is 5.32. The van der Waals surface area contributed by atoms with E-state index >= 15 is 0 Å². The lowest BCUT2D eigenvalue weighted by molar-refractivity contribution is 0.0732. The Morgan fingerprint density at radius 3 is 2.53 bits per heavy atom. The normalized spacial score (nSPS) is 15.3. The van der Waals surface area contributed by atoms with Crippen LogP contribution in [0.2, 0.25) is 0 Å². The van der Waals surface area contributed by atoms with Gasteiger partial charge in [-0.2, -0.15) is 5.10 Å². The maximum absolute atomic E-state index is 5.32. The second kappa shape index (κ2) is 11.7. The predicted octanol–water partition coefficient (Wildman–Crippen LogP) is 4.37. The van der Waals surface area contributed by atoms with Crippen LogP contribution in [0.4, 0.5) is 0 Å². The molecule has 1 aliphatic carbocycles. The Morgan fingerprint density at radius 1 is 1.20 bits per heavy atom. The van der Waals surface area contributed by atoms with E-state index in [9.17, 15) is 0 Å². The van der Waals surface area contributed by atoms with Crippen LogP contribution in [0.3, 0.4) is 0 Å². The molecule has 7 heteroatoms. The maximum Gasteiger partial charge on any atom is 0.191 e. The molecule has 0 bridgehead atoms. The number of ether oxygens (including phenoxy) is 1. The van der Waals surface area contributed by atoms with Crippen LogP contribution in [0, 0.1) is 19.3 Å². The van der Waals surface area contributed by atoms with Crippen molar-refractivity contribution in [2.75, 3.05) is 26.8 Å². The van der Waals surface area contributed by atoms with Crippen LogP contribution in [-0.4, -0.2) is 42.5 Å². The highest BCUT2D eigenvalue weighted by molar-refractivity contribution is 14.0. The van der Waals surface area contributed by atoms with Crippen molar-refractivity contribution in [2.45, 2.75) is 53.0 Å². The van der Waals surface area contributed by atoms with Crippen LogP contribution in [0.15, 0.2) is 35.3 Å². The van der Waals surface area contributed by atoms with Crippen molar-refractivity contribution < 1.29 is 4.74 Å². The summed E-state index contributed by atoms with van der Waals surface area (Å²) in [5.74, 6) is 0.877. The highest BCUT2D eigenvalue weighted by Crippen LogP contribution is 2.43. The van der Waals surface area contributed by atoms with E-state index in [1.165, 1.54) is 24.8 Å². The minimum absolute atomic E-state index is 0. The third-order valence-corrected chi connectivity index (χ3v) is 6.06. The van der Waals surface area contributed by atoms with Crippen molar-refractivity contribution in [1.82, 2.24) is 20.4 Å².